The van der Waals surface area contributed by atoms with E-state index in [-0.39, 0.29) is 22.3 Å². The fourth-order valence-corrected chi connectivity index (χ4v) is 24.0. The second kappa shape index (κ2) is 33.7. The Bertz CT molecular complexity index is 4260. The number of para-hydroxylation sites is 4. The van der Waals surface area contributed by atoms with Crippen LogP contribution in [0.4, 0.5) is 0 Å². The van der Waals surface area contributed by atoms with Gasteiger partial charge in [-0.15, -0.1) is 0 Å². The first-order valence-corrected chi connectivity index (χ1v) is 41.0. The summed E-state index contributed by atoms with van der Waals surface area (Å²) in [6, 6.07) is 108. The topological polar surface area (TPSA) is 136 Å². The van der Waals surface area contributed by atoms with Crippen molar-refractivity contribution in [2.45, 2.75) is 51.4 Å². The molecule has 0 saturated carbocycles. The van der Waals surface area contributed by atoms with E-state index in [9.17, 15) is 9.13 Å². The lowest BCUT2D eigenvalue weighted by molar-refractivity contribution is -0.176. The molecule has 12 aromatic carbocycles. The first-order valence-electron chi connectivity index (χ1n) is 32.9. The van der Waals surface area contributed by atoms with Crippen molar-refractivity contribution >= 4 is 111 Å². The van der Waals surface area contributed by atoms with Gasteiger partial charge in [-0.3, -0.25) is 19.6 Å². The third kappa shape index (κ3) is 15.4. The lowest BCUT2D eigenvalue weighted by Crippen LogP contribution is -2.34. The molecule has 0 aliphatic carbocycles. The largest absolute Gasteiger partial charge is 0.455 e. The number of ether oxygens (including phenoxy) is 3. The minimum atomic E-state index is -3.37. The zero-order valence-electron chi connectivity index (χ0n) is 55.7. The smallest absolute Gasteiger partial charge is 0.174 e. The first-order chi connectivity index (χ1) is 48.4. The van der Waals surface area contributed by atoms with Crippen LogP contribution in [0.25, 0.3) is 0 Å². The van der Waals surface area contributed by atoms with Crippen molar-refractivity contribution in [3.63, 3.8) is 0 Å². The van der Waals surface area contributed by atoms with E-state index in [4.69, 9.17) is 24.7 Å². The normalized spacial score (nSPS) is 13.7. The molecule has 2 N–H and O–H groups in total. The summed E-state index contributed by atoms with van der Waals surface area (Å²) in [4.78, 5) is 0. The van der Waals surface area contributed by atoms with E-state index in [2.05, 4.69) is 198 Å². The van der Waals surface area contributed by atoms with Crippen molar-refractivity contribution < 1.29 is 43.0 Å². The third-order valence-electron chi connectivity index (χ3n) is 17.9. The number of benzene rings is 12. The van der Waals surface area contributed by atoms with E-state index >= 15 is 9.13 Å². The quantitative estimate of drug-likeness (QED) is 0.0445. The zero-order valence-corrected chi connectivity index (χ0v) is 61.1. The van der Waals surface area contributed by atoms with E-state index in [0.29, 0.717) is 34.4 Å². The van der Waals surface area contributed by atoms with Gasteiger partial charge in [-0.25, -0.2) is 0 Å². The monoisotopic (exact) mass is 1420 g/mol. The van der Waals surface area contributed by atoms with Crippen LogP contribution in [0.5, 0.6) is 23.0 Å². The lowest BCUT2D eigenvalue weighted by Gasteiger charge is -2.38. The lowest BCUT2D eigenvalue weighted by atomic mass is 9.76. The molecule has 15 rings (SSSR count). The Balaban J connectivity index is 0.000000170. The van der Waals surface area contributed by atoms with E-state index in [1.807, 2.05) is 146 Å². The SMILES string of the molecule is C1CCOC1.CC1(C)c2cccc(P(=O)(c3ccccc3)c3ccccc3)c2Oc2c1cccc2P(=O)(c1ccccc1)c1ccccc1.CC1(C)c2cccc(P(c3ccccc3)c3ccccc3)c2Oc2c(P(c3ccccc3)c3ccccc3)cccc21.O=PCCP=O.OO. The van der Waals surface area contributed by atoms with Crippen molar-refractivity contribution in [1.82, 2.24) is 0 Å². The second-order valence-electron chi connectivity index (χ2n) is 24.7. The highest BCUT2D eigenvalue weighted by atomic mass is 31.2. The second-order valence-corrected chi connectivity index (χ2v) is 35.9. The van der Waals surface area contributed by atoms with Gasteiger partial charge in [0.15, 0.2) is 31.2 Å². The Labute approximate surface area is 587 Å². The highest BCUT2D eigenvalue weighted by Crippen LogP contribution is 2.57. The van der Waals surface area contributed by atoms with Crippen LogP contribution in [-0.2, 0) is 33.8 Å². The molecule has 99 heavy (non-hydrogen) atoms. The molecule has 9 nitrogen and oxygen atoms in total. The highest BCUT2D eigenvalue weighted by Gasteiger charge is 2.45. The van der Waals surface area contributed by atoms with Crippen molar-refractivity contribution in [2.75, 3.05) is 25.5 Å². The van der Waals surface area contributed by atoms with Crippen LogP contribution in [0.1, 0.15) is 62.8 Å². The standard InChI is InChI=1S/C39H32O3P2.C39H32OP2.C4H8O.C2H4O2P2.H2O2/c1-39(2)33-25-15-27-35(43(40,29-17-7-3-8-18-29)30-19-9-4-10-20-30)37(33)42-38-34(39)26-16-28-36(38)44(41,31-21-11-5-12-22-31)32-23-13-6-14-24-32;1-39(2)33-25-15-27-35(41(29-17-7-3-8-18-29)30-19-9-4-10-20-30)37(33)40-38-34(39)26-16-28-36(38)42(31-21-11-5-12-22-31)32-23-13-6-14-24-32;1-2-4-5-3-1;3-5-1-2-6-4;1-2/h3-28H,1-2H3;3-28H,1-2H3;1-4H2;1-2H2;1-2H. The summed E-state index contributed by atoms with van der Waals surface area (Å²) in [6.07, 6.45) is 3.57. The predicted octanol–water partition coefficient (Wildman–Crippen LogP) is 17.4. The summed E-state index contributed by atoms with van der Waals surface area (Å²) in [5, 5.41) is 24.0. The number of rotatable bonds is 15. The summed E-state index contributed by atoms with van der Waals surface area (Å²) >= 11 is 0. The maximum Gasteiger partial charge on any atom is 0.174 e. The first kappa shape index (κ1) is 71.9. The molecule has 0 aromatic heterocycles. The maximum atomic E-state index is 15.6. The zero-order chi connectivity index (χ0) is 69.2. The van der Waals surface area contributed by atoms with Crippen molar-refractivity contribution in [2.24, 2.45) is 0 Å². The van der Waals surface area contributed by atoms with Gasteiger partial charge in [0.25, 0.3) is 0 Å². The van der Waals surface area contributed by atoms with Crippen LogP contribution in [0.15, 0.2) is 315 Å². The average molecular weight is 1420 g/mol. The molecule has 12 aromatic rings. The molecule has 498 valence electrons. The summed E-state index contributed by atoms with van der Waals surface area (Å²) in [6.45, 7) is 11.0. The molecule has 1 fully saturated rings. The Kier molecular flexibility index (Phi) is 24.5. The van der Waals surface area contributed by atoms with Crippen LogP contribution in [0.3, 0.4) is 0 Å². The van der Waals surface area contributed by atoms with Gasteiger partial charge in [-0.05, 0) is 62.0 Å². The van der Waals surface area contributed by atoms with Gasteiger partial charge >= 0.3 is 0 Å². The Morgan fingerprint density at radius 3 is 0.828 bits per heavy atom. The average Bonchev–Trinajstić information content (AvgIpc) is 0.733. The molecule has 3 aliphatic heterocycles. The van der Waals surface area contributed by atoms with E-state index in [0.717, 1.165) is 57.1 Å². The molecule has 0 spiro atoms. The van der Waals surface area contributed by atoms with Crippen LogP contribution in [-0.4, -0.2) is 36.1 Å². The molecule has 3 heterocycles. The van der Waals surface area contributed by atoms with Crippen molar-refractivity contribution in [3.05, 3.63) is 338 Å². The Morgan fingerprint density at radius 1 is 0.333 bits per heavy atom. The van der Waals surface area contributed by atoms with Gasteiger partial charge in [0, 0.05) is 90.4 Å². The fourth-order valence-electron chi connectivity index (χ4n) is 13.0. The van der Waals surface area contributed by atoms with Gasteiger partial charge in [0.05, 0.1) is 10.6 Å². The van der Waals surface area contributed by atoms with Gasteiger partial charge < -0.3 is 23.3 Å². The summed E-state index contributed by atoms with van der Waals surface area (Å²) in [5.74, 6) is 3.16. The van der Waals surface area contributed by atoms with E-state index in [1.165, 1.54) is 55.8 Å². The molecule has 1 saturated heterocycles. The van der Waals surface area contributed by atoms with Crippen LogP contribution in [0, 0.1) is 0 Å². The van der Waals surface area contributed by atoms with Gasteiger partial charge in [0.1, 0.15) is 23.0 Å². The van der Waals surface area contributed by atoms with Gasteiger partial charge in [-0.2, -0.15) is 0 Å². The van der Waals surface area contributed by atoms with E-state index < -0.39 is 35.5 Å². The van der Waals surface area contributed by atoms with Crippen molar-refractivity contribution in [1.29, 1.82) is 0 Å². The molecular formula is C84H78O9P6. The third-order valence-corrected chi connectivity index (χ3v) is 30.1. The maximum absolute atomic E-state index is 15.6. The Hall–Kier alpha value is -8.36. The summed E-state index contributed by atoms with van der Waals surface area (Å²) < 4.78 is 69.5. The summed E-state index contributed by atoms with van der Waals surface area (Å²) in [7, 11) is -8.21. The molecule has 15 heteroatoms. The molecule has 3 aliphatic rings. The molecule has 0 bridgehead atoms. The molecule has 0 radical (unpaired) electrons. The van der Waals surface area contributed by atoms with Crippen LogP contribution >= 0.6 is 47.0 Å². The minimum absolute atomic E-state index is 0.0885. The number of hydrogen-bond donors (Lipinski definition) is 2. The Morgan fingerprint density at radius 2 is 0.576 bits per heavy atom. The van der Waals surface area contributed by atoms with Gasteiger partial charge in [-0.1, -0.05) is 331 Å². The number of hydrogen-bond acceptors (Lipinski definition) is 9. The molecule has 0 amide bonds. The van der Waals surface area contributed by atoms with Crippen LogP contribution in [0.2, 0.25) is 0 Å². The van der Waals surface area contributed by atoms with Gasteiger partial charge in [0.2, 0.25) is 0 Å². The number of fused-ring (bicyclic) bond motifs is 4. The predicted molar refractivity (Wildman–Crippen MR) is 417 cm³/mol. The molecule has 0 unspecified atom stereocenters. The highest BCUT2D eigenvalue weighted by molar-refractivity contribution is 7.86. The van der Waals surface area contributed by atoms with E-state index in [1.54, 1.807) is 0 Å². The molecule has 0 atom stereocenters. The minimum Gasteiger partial charge on any atom is -0.455 e. The van der Waals surface area contributed by atoms with Crippen molar-refractivity contribution in [3.8, 4) is 23.0 Å². The molecular weight excluding hydrogens is 1340 g/mol. The fraction of sp³-hybridized carbons (Fsp3) is 0.143. The van der Waals surface area contributed by atoms with Crippen LogP contribution < -0.4 is 73.1 Å². The summed E-state index contributed by atoms with van der Waals surface area (Å²) in [5.41, 5.74) is 3.63.